The van der Waals surface area contributed by atoms with Gasteiger partial charge in [0.1, 0.15) is 0 Å². The fourth-order valence-corrected chi connectivity index (χ4v) is 3.83. The van der Waals surface area contributed by atoms with Crippen molar-refractivity contribution in [3.63, 3.8) is 0 Å². The number of hydrogen-bond acceptors (Lipinski definition) is 0. The first kappa shape index (κ1) is 13.4. The lowest BCUT2D eigenvalue weighted by molar-refractivity contribution is 0.722. The summed E-state index contributed by atoms with van der Waals surface area (Å²) in [6.45, 7) is 11.6. The molecule has 0 saturated heterocycles. The highest BCUT2D eigenvalue weighted by Crippen LogP contribution is 2.38. The molecule has 1 heteroatoms. The van der Waals surface area contributed by atoms with Gasteiger partial charge in [-0.15, -0.1) is 0 Å². The van der Waals surface area contributed by atoms with Crippen molar-refractivity contribution in [2.24, 2.45) is 0 Å². The van der Waals surface area contributed by atoms with E-state index in [0.29, 0.717) is 0 Å². The van der Waals surface area contributed by atoms with E-state index in [-0.39, 0.29) is 0 Å². The Bertz CT molecular complexity index is 460. The molecule has 1 aliphatic carbocycles. The van der Waals surface area contributed by atoms with Crippen LogP contribution in [0.5, 0.6) is 0 Å². The van der Waals surface area contributed by atoms with Crippen LogP contribution in [0.25, 0.3) is 5.57 Å². The van der Waals surface area contributed by atoms with Crippen molar-refractivity contribution in [3.05, 3.63) is 53.2 Å². The topological polar surface area (TPSA) is 0 Å². The standard InChI is InChI=1S/C17H24Si/c1-14(18(2,3)4)16-12-8-9-13-17(16)15-10-6-5-7-11-15/h5-7,10-11H,1,8-9,12-13H2,2-4H3. The largest absolute Gasteiger partial charge is 0.0995 e. The van der Waals surface area contributed by atoms with Crippen LogP contribution in [-0.2, 0) is 0 Å². The molecule has 0 radical (unpaired) electrons. The molecule has 0 amide bonds. The number of benzene rings is 1. The van der Waals surface area contributed by atoms with Gasteiger partial charge in [0.25, 0.3) is 0 Å². The second-order valence-electron chi connectivity index (χ2n) is 6.26. The normalized spacial score (nSPS) is 16.8. The van der Waals surface area contributed by atoms with E-state index in [1.54, 1.807) is 11.1 Å². The molecular formula is C17H24Si. The van der Waals surface area contributed by atoms with Crippen LogP contribution in [0.4, 0.5) is 0 Å². The third-order valence-electron chi connectivity index (χ3n) is 3.86. The highest BCUT2D eigenvalue weighted by atomic mass is 28.3. The quantitative estimate of drug-likeness (QED) is 0.631. The van der Waals surface area contributed by atoms with Crippen molar-refractivity contribution in [2.75, 3.05) is 0 Å². The predicted molar refractivity (Wildman–Crippen MR) is 84.3 cm³/mol. The van der Waals surface area contributed by atoms with Gasteiger partial charge in [-0.2, -0.15) is 0 Å². The second-order valence-corrected chi connectivity index (χ2v) is 11.4. The van der Waals surface area contributed by atoms with E-state index in [4.69, 9.17) is 0 Å². The molecule has 1 aromatic carbocycles. The summed E-state index contributed by atoms with van der Waals surface area (Å²) in [5.41, 5.74) is 4.55. The molecule has 0 bridgehead atoms. The number of rotatable bonds is 3. The second kappa shape index (κ2) is 5.27. The Hall–Kier alpha value is -1.08. The summed E-state index contributed by atoms with van der Waals surface area (Å²) in [4.78, 5) is 0. The molecule has 96 valence electrons. The van der Waals surface area contributed by atoms with E-state index in [2.05, 4.69) is 56.6 Å². The van der Waals surface area contributed by atoms with E-state index in [0.717, 1.165) is 0 Å². The molecule has 1 aliphatic rings. The minimum Gasteiger partial charge on any atom is -0.0995 e. The minimum absolute atomic E-state index is 1.23. The van der Waals surface area contributed by atoms with Crippen LogP contribution < -0.4 is 0 Å². The van der Waals surface area contributed by atoms with Crippen LogP contribution in [0.1, 0.15) is 31.2 Å². The molecular weight excluding hydrogens is 232 g/mol. The van der Waals surface area contributed by atoms with E-state index < -0.39 is 8.07 Å². The monoisotopic (exact) mass is 256 g/mol. The molecule has 0 fully saturated rings. The van der Waals surface area contributed by atoms with Gasteiger partial charge < -0.3 is 0 Å². The third kappa shape index (κ3) is 2.84. The molecule has 1 aromatic rings. The number of allylic oxidation sites excluding steroid dienone is 3. The highest BCUT2D eigenvalue weighted by molar-refractivity contribution is 6.84. The Morgan fingerprint density at radius 1 is 1.00 bits per heavy atom. The molecule has 0 saturated carbocycles. The molecule has 0 aliphatic heterocycles. The summed E-state index contributed by atoms with van der Waals surface area (Å²) >= 11 is 0. The Balaban J connectivity index is 2.45. The van der Waals surface area contributed by atoms with Crippen LogP contribution in [-0.4, -0.2) is 8.07 Å². The highest BCUT2D eigenvalue weighted by Gasteiger charge is 2.25. The fourth-order valence-electron chi connectivity index (χ4n) is 2.65. The van der Waals surface area contributed by atoms with Gasteiger partial charge >= 0.3 is 0 Å². The Morgan fingerprint density at radius 2 is 1.61 bits per heavy atom. The molecule has 0 heterocycles. The van der Waals surface area contributed by atoms with Crippen molar-refractivity contribution < 1.29 is 0 Å². The first-order valence-electron chi connectivity index (χ1n) is 6.97. The van der Waals surface area contributed by atoms with Crippen LogP contribution >= 0.6 is 0 Å². The SMILES string of the molecule is C=C(C1=C(c2ccccc2)CCCC1)[Si](C)(C)C. The van der Waals surface area contributed by atoms with Crippen LogP contribution in [0.3, 0.4) is 0 Å². The minimum atomic E-state index is -1.28. The zero-order valence-corrected chi connectivity index (χ0v) is 12.9. The van der Waals surface area contributed by atoms with Crippen molar-refractivity contribution in [2.45, 2.75) is 45.3 Å². The first-order chi connectivity index (χ1) is 8.50. The Morgan fingerprint density at radius 3 is 2.22 bits per heavy atom. The maximum Gasteiger partial charge on any atom is 0.0771 e. The van der Waals surface area contributed by atoms with Gasteiger partial charge in [-0.05, 0) is 42.4 Å². The molecule has 0 N–H and O–H groups in total. The van der Waals surface area contributed by atoms with Crippen molar-refractivity contribution in [1.29, 1.82) is 0 Å². The zero-order valence-electron chi connectivity index (χ0n) is 11.9. The average Bonchev–Trinajstić information content (AvgIpc) is 2.38. The lowest BCUT2D eigenvalue weighted by Crippen LogP contribution is -2.25. The van der Waals surface area contributed by atoms with Crippen molar-refractivity contribution >= 4 is 13.6 Å². The Kier molecular flexibility index (Phi) is 3.91. The van der Waals surface area contributed by atoms with E-state index in [1.165, 1.54) is 36.4 Å². The average molecular weight is 256 g/mol. The molecule has 0 unspecified atom stereocenters. The van der Waals surface area contributed by atoms with Gasteiger partial charge in [-0.1, -0.05) is 61.7 Å². The molecule has 2 rings (SSSR count). The van der Waals surface area contributed by atoms with Gasteiger partial charge in [0.15, 0.2) is 0 Å². The summed E-state index contributed by atoms with van der Waals surface area (Å²) in [5, 5.41) is 1.46. The summed E-state index contributed by atoms with van der Waals surface area (Å²) in [6, 6.07) is 10.9. The summed E-state index contributed by atoms with van der Waals surface area (Å²) in [7, 11) is -1.28. The molecule has 18 heavy (non-hydrogen) atoms. The zero-order chi connectivity index (χ0) is 13.2. The molecule has 0 atom stereocenters. The first-order valence-corrected chi connectivity index (χ1v) is 10.5. The maximum absolute atomic E-state index is 4.43. The fraction of sp³-hybridized carbons (Fsp3) is 0.412. The van der Waals surface area contributed by atoms with Crippen LogP contribution in [0, 0.1) is 0 Å². The van der Waals surface area contributed by atoms with Gasteiger partial charge in [0.05, 0.1) is 8.07 Å². The van der Waals surface area contributed by atoms with Crippen molar-refractivity contribution in [3.8, 4) is 0 Å². The molecule has 0 aromatic heterocycles. The summed E-state index contributed by atoms with van der Waals surface area (Å²) < 4.78 is 0. The van der Waals surface area contributed by atoms with Crippen molar-refractivity contribution in [1.82, 2.24) is 0 Å². The number of hydrogen-bond donors (Lipinski definition) is 0. The smallest absolute Gasteiger partial charge is 0.0771 e. The Labute approximate surface area is 112 Å². The lowest BCUT2D eigenvalue weighted by Gasteiger charge is -2.28. The van der Waals surface area contributed by atoms with E-state index >= 15 is 0 Å². The van der Waals surface area contributed by atoms with Crippen LogP contribution in [0.15, 0.2) is 47.7 Å². The predicted octanol–water partition coefficient (Wildman–Crippen LogP) is 5.45. The third-order valence-corrected chi connectivity index (χ3v) is 5.97. The molecule has 0 spiro atoms. The van der Waals surface area contributed by atoms with E-state index in [1.807, 2.05) is 0 Å². The molecule has 0 nitrogen and oxygen atoms in total. The van der Waals surface area contributed by atoms with Gasteiger partial charge in [0, 0.05) is 0 Å². The van der Waals surface area contributed by atoms with Gasteiger partial charge in [-0.25, -0.2) is 0 Å². The van der Waals surface area contributed by atoms with Gasteiger partial charge in [-0.3, -0.25) is 0 Å². The van der Waals surface area contributed by atoms with E-state index in [9.17, 15) is 0 Å². The van der Waals surface area contributed by atoms with Gasteiger partial charge in [0.2, 0.25) is 0 Å². The lowest BCUT2D eigenvalue weighted by atomic mass is 9.87. The maximum atomic E-state index is 4.43. The summed E-state index contributed by atoms with van der Waals surface area (Å²) in [6.07, 6.45) is 5.11. The summed E-state index contributed by atoms with van der Waals surface area (Å²) in [5.74, 6) is 0. The van der Waals surface area contributed by atoms with Crippen LogP contribution in [0.2, 0.25) is 19.6 Å².